The Bertz CT molecular complexity index is 1750. The quantitative estimate of drug-likeness (QED) is 0.159. The van der Waals surface area contributed by atoms with Crippen molar-refractivity contribution in [3.8, 4) is 5.75 Å². The molecule has 0 radical (unpaired) electrons. The fraction of sp³-hybridized carbons (Fsp3) is 0.486. The molecule has 5 rings (SSSR count). The van der Waals surface area contributed by atoms with Gasteiger partial charge >= 0.3 is 6.03 Å². The Labute approximate surface area is 283 Å². The summed E-state index contributed by atoms with van der Waals surface area (Å²) in [6.07, 6.45) is 4.15. The summed E-state index contributed by atoms with van der Waals surface area (Å²) in [5.74, 6) is 1.52. The van der Waals surface area contributed by atoms with Crippen LogP contribution >= 0.6 is 0 Å². The van der Waals surface area contributed by atoms with Crippen molar-refractivity contribution in [1.82, 2.24) is 29.8 Å². The molecule has 1 aliphatic rings. The molecule has 0 unspecified atom stereocenters. The molecule has 11 heteroatoms. The maximum Gasteiger partial charge on any atom is 0.319 e. The van der Waals surface area contributed by atoms with Gasteiger partial charge in [0.05, 0.1) is 18.8 Å². The number of rotatable bonds is 11. The SMILES string of the molecule is CN(CCO)CCCC(=O)c1cc(NC(=O)N[C@H]2CC[C@@H](Oc3ccc4nnc(C(C)(C)C)n4c3)c3ccccc32)cc(C(C)(C)C)n1. The highest BCUT2D eigenvalue weighted by Crippen LogP contribution is 2.39. The molecule has 3 aromatic heterocycles. The fourth-order valence-electron chi connectivity index (χ4n) is 6.01. The Hall–Kier alpha value is -4.35. The topological polar surface area (TPSA) is 134 Å². The number of aliphatic hydroxyl groups excluding tert-OH is 1. The number of nitrogens with zero attached hydrogens (tertiary/aromatic N) is 5. The van der Waals surface area contributed by atoms with Crippen LogP contribution < -0.4 is 15.4 Å². The normalized spacial score (nSPS) is 16.5. The number of ether oxygens (including phenoxy) is 1. The Morgan fingerprint density at radius 1 is 0.979 bits per heavy atom. The van der Waals surface area contributed by atoms with Crippen LogP contribution in [0.3, 0.4) is 0 Å². The van der Waals surface area contributed by atoms with E-state index in [1.54, 1.807) is 6.07 Å². The van der Waals surface area contributed by atoms with Gasteiger partial charge in [0.25, 0.3) is 0 Å². The van der Waals surface area contributed by atoms with Crippen molar-refractivity contribution < 1.29 is 19.4 Å². The van der Waals surface area contributed by atoms with Crippen LogP contribution in [0.25, 0.3) is 5.65 Å². The summed E-state index contributed by atoms with van der Waals surface area (Å²) in [5.41, 5.74) is 3.91. The third-order valence-electron chi connectivity index (χ3n) is 8.63. The molecule has 0 spiro atoms. The van der Waals surface area contributed by atoms with Gasteiger partial charge in [0.1, 0.15) is 23.4 Å². The Kier molecular flexibility index (Phi) is 10.5. The van der Waals surface area contributed by atoms with Gasteiger partial charge in [0, 0.05) is 35.2 Å². The predicted octanol–water partition coefficient (Wildman–Crippen LogP) is 6.38. The van der Waals surface area contributed by atoms with Crippen LogP contribution in [0.2, 0.25) is 0 Å². The molecule has 11 nitrogen and oxygen atoms in total. The first-order chi connectivity index (χ1) is 22.7. The lowest BCUT2D eigenvalue weighted by Crippen LogP contribution is -2.35. The molecule has 2 atom stereocenters. The number of likely N-dealkylation sites (N-methyl/N-ethyl adjacent to an activating group) is 1. The van der Waals surface area contributed by atoms with Crippen LogP contribution in [-0.4, -0.2) is 68.1 Å². The number of urea groups is 1. The maximum atomic E-state index is 13.4. The summed E-state index contributed by atoms with van der Waals surface area (Å²) in [6.45, 7) is 13.8. The van der Waals surface area contributed by atoms with Gasteiger partial charge in [0.15, 0.2) is 11.4 Å². The van der Waals surface area contributed by atoms with Crippen LogP contribution in [-0.2, 0) is 10.8 Å². The number of aliphatic hydroxyl groups is 1. The number of carbonyl (C=O) groups excluding carboxylic acids is 2. The molecule has 48 heavy (non-hydrogen) atoms. The van der Waals surface area contributed by atoms with Crippen LogP contribution in [0, 0.1) is 0 Å². The Morgan fingerprint density at radius 3 is 2.44 bits per heavy atom. The molecule has 0 bridgehead atoms. The van der Waals surface area contributed by atoms with Gasteiger partial charge in [0.2, 0.25) is 0 Å². The van der Waals surface area contributed by atoms with Crippen molar-refractivity contribution in [1.29, 1.82) is 0 Å². The third-order valence-corrected chi connectivity index (χ3v) is 8.63. The first-order valence-electron chi connectivity index (χ1n) is 16.8. The van der Waals surface area contributed by atoms with Crippen LogP contribution in [0.4, 0.5) is 10.5 Å². The molecule has 0 saturated carbocycles. The fourth-order valence-corrected chi connectivity index (χ4v) is 6.01. The summed E-state index contributed by atoms with van der Waals surface area (Å²) in [7, 11) is 1.92. The zero-order valence-electron chi connectivity index (χ0n) is 29.2. The largest absolute Gasteiger partial charge is 0.484 e. The summed E-state index contributed by atoms with van der Waals surface area (Å²) in [6, 6.07) is 14.8. The minimum atomic E-state index is -0.350. The van der Waals surface area contributed by atoms with Crippen molar-refractivity contribution in [2.24, 2.45) is 0 Å². The second-order valence-electron chi connectivity index (χ2n) is 14.8. The number of Topliss-reactive ketones (excluding diaryl/α,β-unsaturated/α-hetero) is 1. The first-order valence-corrected chi connectivity index (χ1v) is 16.8. The van der Waals surface area contributed by atoms with E-state index in [1.165, 1.54) is 0 Å². The molecular formula is C37H49N7O4. The van der Waals surface area contributed by atoms with Gasteiger partial charge in [-0.25, -0.2) is 9.78 Å². The lowest BCUT2D eigenvalue weighted by atomic mass is 9.85. The second-order valence-corrected chi connectivity index (χ2v) is 14.8. The predicted molar refractivity (Wildman–Crippen MR) is 187 cm³/mol. The number of amides is 2. The van der Waals surface area contributed by atoms with E-state index in [0.29, 0.717) is 50.2 Å². The average Bonchev–Trinajstić information content (AvgIpc) is 3.46. The van der Waals surface area contributed by atoms with Crippen LogP contribution in [0.5, 0.6) is 5.75 Å². The number of anilines is 1. The number of pyridine rings is 2. The highest BCUT2D eigenvalue weighted by molar-refractivity contribution is 5.97. The zero-order chi connectivity index (χ0) is 34.6. The molecule has 3 N–H and O–H groups in total. The number of carbonyl (C=O) groups is 2. The Morgan fingerprint density at radius 2 is 1.73 bits per heavy atom. The van der Waals surface area contributed by atoms with Gasteiger partial charge in [-0.15, -0.1) is 10.2 Å². The molecule has 0 saturated heterocycles. The molecule has 4 aromatic rings. The molecule has 3 heterocycles. The van der Waals surface area contributed by atoms with E-state index in [-0.39, 0.29) is 41.4 Å². The average molecular weight is 656 g/mol. The minimum absolute atomic E-state index is 0.0766. The highest BCUT2D eigenvalue weighted by atomic mass is 16.5. The number of nitrogens with one attached hydrogen (secondary N) is 2. The van der Waals surface area contributed by atoms with Gasteiger partial charge in [-0.05, 0) is 68.2 Å². The highest BCUT2D eigenvalue weighted by Gasteiger charge is 2.30. The van der Waals surface area contributed by atoms with Gasteiger partial charge in [-0.3, -0.25) is 9.20 Å². The first kappa shape index (κ1) is 35.0. The lowest BCUT2D eigenvalue weighted by Gasteiger charge is -2.32. The molecule has 0 fully saturated rings. The summed E-state index contributed by atoms with van der Waals surface area (Å²) in [4.78, 5) is 33.2. The van der Waals surface area contributed by atoms with E-state index < -0.39 is 0 Å². The Balaban J connectivity index is 1.29. The number of benzene rings is 1. The van der Waals surface area contributed by atoms with E-state index >= 15 is 0 Å². The molecule has 1 aromatic carbocycles. The van der Waals surface area contributed by atoms with Crippen molar-refractivity contribution in [2.75, 3.05) is 32.1 Å². The van der Waals surface area contributed by atoms with Crippen molar-refractivity contribution in [3.05, 3.63) is 83.1 Å². The van der Waals surface area contributed by atoms with E-state index in [2.05, 4.69) is 52.7 Å². The van der Waals surface area contributed by atoms with Gasteiger partial charge < -0.3 is 25.4 Å². The van der Waals surface area contributed by atoms with E-state index in [0.717, 1.165) is 34.0 Å². The monoisotopic (exact) mass is 655 g/mol. The van der Waals surface area contributed by atoms with Crippen molar-refractivity contribution in [2.45, 2.75) is 90.2 Å². The smallest absolute Gasteiger partial charge is 0.319 e. The number of fused-ring (bicyclic) bond motifs is 2. The van der Waals surface area contributed by atoms with E-state index in [1.807, 2.05) is 79.7 Å². The number of hydrogen-bond acceptors (Lipinski definition) is 8. The third kappa shape index (κ3) is 8.38. The summed E-state index contributed by atoms with van der Waals surface area (Å²) >= 11 is 0. The summed E-state index contributed by atoms with van der Waals surface area (Å²) < 4.78 is 8.54. The lowest BCUT2D eigenvalue weighted by molar-refractivity contribution is 0.0970. The van der Waals surface area contributed by atoms with E-state index in [9.17, 15) is 9.59 Å². The van der Waals surface area contributed by atoms with Crippen LogP contribution in [0.1, 0.15) is 113 Å². The minimum Gasteiger partial charge on any atom is -0.484 e. The van der Waals surface area contributed by atoms with Crippen molar-refractivity contribution in [3.63, 3.8) is 0 Å². The molecular weight excluding hydrogens is 606 g/mol. The second kappa shape index (κ2) is 14.4. The van der Waals surface area contributed by atoms with Gasteiger partial charge in [-0.1, -0.05) is 65.8 Å². The summed E-state index contributed by atoms with van der Waals surface area (Å²) in [5, 5.41) is 24.0. The molecule has 256 valence electrons. The molecule has 1 aliphatic carbocycles. The zero-order valence-corrected chi connectivity index (χ0v) is 29.2. The number of hydrogen-bond donors (Lipinski definition) is 3. The van der Waals surface area contributed by atoms with Crippen molar-refractivity contribution >= 4 is 23.1 Å². The van der Waals surface area contributed by atoms with Crippen LogP contribution in [0.15, 0.2) is 54.7 Å². The maximum absolute atomic E-state index is 13.4. The molecule has 0 aliphatic heterocycles. The number of ketones is 1. The molecule has 2 amide bonds. The standard InChI is InChI=1S/C37H49N7O4/c1-36(2,3)32-22-24(21-29(39-32)30(46)13-10-18-43(7)19-20-45)38-35(47)40-28-15-16-31(27-12-9-8-11-26(27)28)48-25-14-17-33-41-42-34(37(4,5)6)44(33)23-25/h8-9,11-12,14,17,21-23,28,31,45H,10,13,15-16,18-20H2,1-7H3,(H2,38,39,40,47)/t28-,31+/m0/s1. The van der Waals surface area contributed by atoms with Gasteiger partial charge in [-0.2, -0.15) is 0 Å². The van der Waals surface area contributed by atoms with E-state index in [4.69, 9.17) is 9.84 Å². The number of aromatic nitrogens is 4.